The van der Waals surface area contributed by atoms with Gasteiger partial charge in [0.25, 0.3) is 11.5 Å². The van der Waals surface area contributed by atoms with Gasteiger partial charge in [-0.2, -0.15) is 9.78 Å². The lowest BCUT2D eigenvalue weighted by Gasteiger charge is -2.13. The second-order valence-corrected chi connectivity index (χ2v) is 8.14. The number of rotatable bonds is 6. The molecule has 1 heterocycles. The molecule has 0 aliphatic rings. The van der Waals surface area contributed by atoms with E-state index in [2.05, 4.69) is 10.4 Å². The van der Waals surface area contributed by atoms with Gasteiger partial charge in [0.1, 0.15) is 11.6 Å². The van der Waals surface area contributed by atoms with Gasteiger partial charge in [-0.15, -0.1) is 0 Å². The number of aryl methyl sites for hydroxylation is 2. The van der Waals surface area contributed by atoms with E-state index in [-0.39, 0.29) is 13.1 Å². The fraction of sp³-hybridized carbons (Fsp3) is 0.154. The molecule has 3 aromatic carbocycles. The van der Waals surface area contributed by atoms with Crippen LogP contribution in [0.1, 0.15) is 32.7 Å². The Balaban J connectivity index is 1.79. The molecule has 7 nitrogen and oxygen atoms in total. The van der Waals surface area contributed by atoms with Crippen molar-refractivity contribution in [3.05, 3.63) is 127 Å². The largest absolute Gasteiger partial charge is 0.352 e. The summed E-state index contributed by atoms with van der Waals surface area (Å²) < 4.78 is 28.7. The summed E-state index contributed by atoms with van der Waals surface area (Å²) in [7, 11) is 0. The molecule has 1 N–H and O–H groups in total. The Kier molecular flexibility index (Phi) is 6.68. The van der Waals surface area contributed by atoms with Gasteiger partial charge in [-0.25, -0.2) is 13.6 Å². The van der Waals surface area contributed by atoms with E-state index >= 15 is 0 Å². The van der Waals surface area contributed by atoms with Crippen molar-refractivity contribution in [3.63, 3.8) is 0 Å². The fourth-order valence-electron chi connectivity index (χ4n) is 3.51. The second kappa shape index (κ2) is 9.84. The molecule has 0 unspecified atom stereocenters. The van der Waals surface area contributed by atoms with Gasteiger partial charge in [0, 0.05) is 6.54 Å². The molecule has 4 aromatic rings. The van der Waals surface area contributed by atoms with E-state index in [9.17, 15) is 23.2 Å². The molecule has 0 saturated carbocycles. The zero-order chi connectivity index (χ0) is 25.1. The van der Waals surface area contributed by atoms with E-state index in [4.69, 9.17) is 0 Å². The van der Waals surface area contributed by atoms with Crippen molar-refractivity contribution in [2.75, 3.05) is 0 Å². The van der Waals surface area contributed by atoms with Crippen LogP contribution in [0.2, 0.25) is 0 Å². The van der Waals surface area contributed by atoms with Crippen LogP contribution in [0, 0.1) is 25.5 Å². The first-order valence-corrected chi connectivity index (χ1v) is 10.8. The Labute approximate surface area is 199 Å². The first-order valence-electron chi connectivity index (χ1n) is 10.8. The fourth-order valence-corrected chi connectivity index (χ4v) is 3.51. The van der Waals surface area contributed by atoms with Crippen molar-refractivity contribution in [3.8, 4) is 5.69 Å². The number of benzene rings is 3. The number of nitrogens with one attached hydrogen (secondary N) is 1. The lowest BCUT2D eigenvalue weighted by atomic mass is 10.1. The molecule has 0 radical (unpaired) electrons. The topological polar surface area (TPSA) is 86.0 Å². The minimum atomic E-state index is -0.907. The molecule has 0 saturated heterocycles. The van der Waals surface area contributed by atoms with Crippen LogP contribution in [0.3, 0.4) is 0 Å². The third kappa shape index (κ3) is 5.24. The van der Waals surface area contributed by atoms with Gasteiger partial charge in [0.2, 0.25) is 5.69 Å². The van der Waals surface area contributed by atoms with Crippen LogP contribution in [0.15, 0.2) is 76.3 Å². The van der Waals surface area contributed by atoms with E-state index in [1.54, 1.807) is 24.3 Å². The average molecular weight is 476 g/mol. The molecule has 0 atom stereocenters. The maximum Gasteiger partial charge on any atom is 0.352 e. The number of hydrogen-bond acceptors (Lipinski definition) is 4. The zero-order valence-electron chi connectivity index (χ0n) is 19.1. The van der Waals surface area contributed by atoms with Crippen LogP contribution in [0.25, 0.3) is 5.69 Å². The van der Waals surface area contributed by atoms with E-state index in [0.717, 1.165) is 20.4 Å². The first-order chi connectivity index (χ1) is 16.7. The summed E-state index contributed by atoms with van der Waals surface area (Å²) in [5.41, 5.74) is 1.07. The summed E-state index contributed by atoms with van der Waals surface area (Å²) in [5, 5.41) is 6.67. The number of nitrogens with zero attached hydrogens (tertiary/aromatic N) is 3. The lowest BCUT2D eigenvalue weighted by molar-refractivity contribution is 0.0941. The third-order valence-corrected chi connectivity index (χ3v) is 5.61. The predicted molar refractivity (Wildman–Crippen MR) is 127 cm³/mol. The Morgan fingerprint density at radius 2 is 1.63 bits per heavy atom. The maximum absolute atomic E-state index is 13.7. The summed E-state index contributed by atoms with van der Waals surface area (Å²) in [6.07, 6.45) is 0. The Morgan fingerprint density at radius 1 is 0.886 bits per heavy atom. The van der Waals surface area contributed by atoms with E-state index in [0.29, 0.717) is 16.8 Å². The molecule has 178 valence electrons. The quantitative estimate of drug-likeness (QED) is 0.463. The molecule has 0 aliphatic heterocycles. The molecule has 1 amide bonds. The van der Waals surface area contributed by atoms with E-state index in [1.165, 1.54) is 42.5 Å². The number of hydrogen-bond donors (Lipinski definition) is 1. The number of carbonyl (C=O) groups is 1. The molecule has 0 bridgehead atoms. The minimum Gasteiger partial charge on any atom is -0.346 e. The van der Waals surface area contributed by atoms with Crippen LogP contribution in [0.4, 0.5) is 8.78 Å². The van der Waals surface area contributed by atoms with Gasteiger partial charge < -0.3 is 5.32 Å². The molecular weight excluding hydrogens is 454 g/mol. The van der Waals surface area contributed by atoms with Gasteiger partial charge >= 0.3 is 5.69 Å². The number of aromatic nitrogens is 3. The molecule has 9 heteroatoms. The van der Waals surface area contributed by atoms with Crippen LogP contribution in [-0.4, -0.2) is 20.3 Å². The summed E-state index contributed by atoms with van der Waals surface area (Å²) in [4.78, 5) is 39.4. The second-order valence-electron chi connectivity index (χ2n) is 8.14. The van der Waals surface area contributed by atoms with Gasteiger partial charge in [-0.05, 0) is 72.5 Å². The summed E-state index contributed by atoms with van der Waals surface area (Å²) in [6.45, 7) is 3.55. The van der Waals surface area contributed by atoms with Crippen LogP contribution >= 0.6 is 0 Å². The zero-order valence-corrected chi connectivity index (χ0v) is 19.1. The highest BCUT2D eigenvalue weighted by atomic mass is 19.1. The number of halogens is 2. The first kappa shape index (κ1) is 23.7. The summed E-state index contributed by atoms with van der Waals surface area (Å²) in [6, 6.07) is 16.2. The molecule has 0 spiro atoms. The van der Waals surface area contributed by atoms with E-state index in [1.807, 2.05) is 13.8 Å². The monoisotopic (exact) mass is 476 g/mol. The molecule has 4 rings (SSSR count). The van der Waals surface area contributed by atoms with E-state index < -0.39 is 34.5 Å². The molecular formula is C26H22F2N4O3. The molecule has 0 aliphatic carbocycles. The van der Waals surface area contributed by atoms with Crippen molar-refractivity contribution < 1.29 is 13.6 Å². The van der Waals surface area contributed by atoms with Gasteiger partial charge in [0.15, 0.2) is 0 Å². The Morgan fingerprint density at radius 3 is 2.31 bits per heavy atom. The van der Waals surface area contributed by atoms with Gasteiger partial charge in [0.05, 0.1) is 12.2 Å². The standard InChI is InChI=1S/C26H22F2N4O3/c1-16-6-11-22(12-17(16)2)32-26(35)31(15-19-4-3-5-21(28)13-19)25(34)23(30-32)24(33)29-14-18-7-9-20(27)10-8-18/h3-13H,14-15H2,1-2H3,(H,29,33). The number of carbonyl (C=O) groups excluding carboxylic acids is 1. The third-order valence-electron chi connectivity index (χ3n) is 5.61. The highest BCUT2D eigenvalue weighted by molar-refractivity contribution is 5.91. The Bertz CT molecular complexity index is 1530. The van der Waals surface area contributed by atoms with Crippen molar-refractivity contribution in [2.24, 2.45) is 0 Å². The minimum absolute atomic E-state index is 0.0207. The maximum atomic E-state index is 13.7. The van der Waals surface area contributed by atoms with Crippen molar-refractivity contribution in [1.82, 2.24) is 19.7 Å². The van der Waals surface area contributed by atoms with Gasteiger partial charge in [-0.1, -0.05) is 30.3 Å². The SMILES string of the molecule is Cc1ccc(-n2nc(C(=O)NCc3ccc(F)cc3)c(=O)n(Cc3cccc(F)c3)c2=O)cc1C. The molecule has 0 fully saturated rings. The molecule has 35 heavy (non-hydrogen) atoms. The van der Waals surface area contributed by atoms with Crippen LogP contribution < -0.4 is 16.6 Å². The Hall–Kier alpha value is -4.40. The molecule has 1 aromatic heterocycles. The predicted octanol–water partition coefficient (Wildman–Crippen LogP) is 3.27. The summed E-state index contributed by atoms with van der Waals surface area (Å²) >= 11 is 0. The van der Waals surface area contributed by atoms with Crippen molar-refractivity contribution >= 4 is 5.91 Å². The lowest BCUT2D eigenvalue weighted by Crippen LogP contribution is -2.46. The van der Waals surface area contributed by atoms with Crippen molar-refractivity contribution in [2.45, 2.75) is 26.9 Å². The van der Waals surface area contributed by atoms with Crippen molar-refractivity contribution in [1.29, 1.82) is 0 Å². The van der Waals surface area contributed by atoms with Crippen LogP contribution in [-0.2, 0) is 13.1 Å². The smallest absolute Gasteiger partial charge is 0.346 e. The van der Waals surface area contributed by atoms with Crippen LogP contribution in [0.5, 0.6) is 0 Å². The number of amides is 1. The normalized spacial score (nSPS) is 10.9. The van der Waals surface area contributed by atoms with Gasteiger partial charge in [-0.3, -0.25) is 14.2 Å². The summed E-state index contributed by atoms with van der Waals surface area (Å²) in [5.74, 6) is -1.73. The average Bonchev–Trinajstić information content (AvgIpc) is 2.83. The highest BCUT2D eigenvalue weighted by Crippen LogP contribution is 2.12. The highest BCUT2D eigenvalue weighted by Gasteiger charge is 2.21.